The molecule has 0 aromatic heterocycles. The third kappa shape index (κ3) is 5.08. The summed E-state index contributed by atoms with van der Waals surface area (Å²) < 4.78 is 65.4. The SMILES string of the molecule is CS(=O)Cc1ccc(NS(=O)O)c(Oc2ccc(F)cc2F)c1. The van der Waals surface area contributed by atoms with Crippen molar-refractivity contribution in [2.24, 2.45) is 0 Å². The van der Waals surface area contributed by atoms with Crippen LogP contribution in [0.1, 0.15) is 5.56 Å². The first-order chi connectivity index (χ1) is 10.8. The van der Waals surface area contributed by atoms with Crippen molar-refractivity contribution in [2.45, 2.75) is 5.75 Å². The van der Waals surface area contributed by atoms with Gasteiger partial charge in [-0.2, -0.15) is 0 Å². The Bertz CT molecular complexity index is 770. The molecule has 124 valence electrons. The van der Waals surface area contributed by atoms with Crippen molar-refractivity contribution in [1.82, 2.24) is 0 Å². The number of ether oxygens (including phenoxy) is 1. The first-order valence-electron chi connectivity index (χ1n) is 6.28. The van der Waals surface area contributed by atoms with E-state index in [0.29, 0.717) is 11.6 Å². The molecule has 0 saturated carbocycles. The molecule has 0 amide bonds. The van der Waals surface area contributed by atoms with Gasteiger partial charge in [-0.3, -0.25) is 13.5 Å². The van der Waals surface area contributed by atoms with Crippen LogP contribution >= 0.6 is 0 Å². The Hall–Kier alpha value is -1.84. The Kier molecular flexibility index (Phi) is 5.80. The molecule has 2 N–H and O–H groups in total. The second-order valence-electron chi connectivity index (χ2n) is 4.58. The van der Waals surface area contributed by atoms with Gasteiger partial charge in [0.2, 0.25) is 0 Å². The molecule has 0 saturated heterocycles. The van der Waals surface area contributed by atoms with Crippen molar-refractivity contribution < 1.29 is 26.5 Å². The van der Waals surface area contributed by atoms with Crippen LogP contribution in [0.25, 0.3) is 0 Å². The van der Waals surface area contributed by atoms with E-state index in [-0.39, 0.29) is 22.9 Å². The van der Waals surface area contributed by atoms with Gasteiger partial charge in [-0.15, -0.1) is 0 Å². The second kappa shape index (κ2) is 7.62. The summed E-state index contributed by atoms with van der Waals surface area (Å²) in [5.41, 5.74) is 0.776. The molecule has 0 aliphatic rings. The number of nitrogens with one attached hydrogen (secondary N) is 1. The van der Waals surface area contributed by atoms with E-state index in [1.807, 2.05) is 0 Å². The minimum atomic E-state index is -2.35. The number of rotatable bonds is 6. The summed E-state index contributed by atoms with van der Waals surface area (Å²) in [4.78, 5) is 0. The number of benzene rings is 2. The van der Waals surface area contributed by atoms with E-state index in [0.717, 1.165) is 12.1 Å². The van der Waals surface area contributed by atoms with E-state index < -0.39 is 33.7 Å². The molecule has 2 atom stereocenters. The number of halogens is 2. The Labute approximate surface area is 136 Å². The third-order valence-corrected chi connectivity index (χ3v) is 3.86. The van der Waals surface area contributed by atoms with Crippen LogP contribution in [0.4, 0.5) is 14.5 Å². The van der Waals surface area contributed by atoms with Gasteiger partial charge in [-0.25, -0.2) is 13.0 Å². The monoisotopic (exact) mass is 361 g/mol. The average molecular weight is 361 g/mol. The van der Waals surface area contributed by atoms with Crippen LogP contribution in [0.3, 0.4) is 0 Å². The summed E-state index contributed by atoms with van der Waals surface area (Å²) in [6.07, 6.45) is 1.52. The molecule has 2 rings (SSSR count). The fraction of sp³-hybridized carbons (Fsp3) is 0.143. The smallest absolute Gasteiger partial charge is 0.259 e. The highest BCUT2D eigenvalue weighted by atomic mass is 32.2. The maximum Gasteiger partial charge on any atom is 0.259 e. The molecule has 0 aliphatic heterocycles. The van der Waals surface area contributed by atoms with Gasteiger partial charge >= 0.3 is 0 Å². The summed E-state index contributed by atoms with van der Waals surface area (Å²) in [6.45, 7) is 0. The highest BCUT2D eigenvalue weighted by Crippen LogP contribution is 2.32. The van der Waals surface area contributed by atoms with E-state index >= 15 is 0 Å². The molecule has 9 heteroatoms. The van der Waals surface area contributed by atoms with Gasteiger partial charge in [-0.1, -0.05) is 6.07 Å². The number of hydrogen-bond donors (Lipinski definition) is 2. The molecule has 23 heavy (non-hydrogen) atoms. The Balaban J connectivity index is 2.39. The van der Waals surface area contributed by atoms with Gasteiger partial charge in [0.1, 0.15) is 5.82 Å². The van der Waals surface area contributed by atoms with E-state index in [1.54, 1.807) is 6.07 Å². The third-order valence-electron chi connectivity index (χ3n) is 2.73. The second-order valence-corrected chi connectivity index (χ2v) is 6.71. The Morgan fingerprint density at radius 3 is 2.48 bits per heavy atom. The average Bonchev–Trinajstić information content (AvgIpc) is 2.43. The first-order valence-corrected chi connectivity index (χ1v) is 9.12. The first kappa shape index (κ1) is 17.5. The zero-order valence-corrected chi connectivity index (χ0v) is 13.5. The lowest BCUT2D eigenvalue weighted by Crippen LogP contribution is -2.04. The summed E-state index contributed by atoms with van der Waals surface area (Å²) in [5.74, 6) is -1.61. The van der Waals surface area contributed by atoms with Crippen LogP contribution in [-0.2, 0) is 27.8 Å². The van der Waals surface area contributed by atoms with Gasteiger partial charge in [0.25, 0.3) is 11.3 Å². The number of anilines is 1. The quantitative estimate of drug-likeness (QED) is 0.775. The van der Waals surface area contributed by atoms with E-state index in [2.05, 4.69) is 4.72 Å². The Morgan fingerprint density at radius 2 is 1.87 bits per heavy atom. The van der Waals surface area contributed by atoms with Crippen LogP contribution in [0.5, 0.6) is 11.5 Å². The fourth-order valence-electron chi connectivity index (χ4n) is 1.83. The molecule has 2 aromatic carbocycles. The molecule has 2 unspecified atom stereocenters. The van der Waals surface area contributed by atoms with Gasteiger partial charge in [-0.05, 0) is 29.8 Å². The standard InChI is InChI=1S/C14H13F2NO4S2/c1-22(18)8-9-2-4-12(17-23(19)20)14(6-9)21-13-5-3-10(15)7-11(13)16/h2-7,17H,8H2,1H3,(H,19,20). The predicted octanol–water partition coefficient (Wildman–Crippen LogP) is 3.18. The fourth-order valence-corrected chi connectivity index (χ4v) is 2.84. The molecule has 5 nitrogen and oxygen atoms in total. The van der Waals surface area contributed by atoms with Crippen molar-refractivity contribution >= 4 is 27.8 Å². The minimum Gasteiger partial charge on any atom is -0.452 e. The predicted molar refractivity (Wildman–Crippen MR) is 85.0 cm³/mol. The van der Waals surface area contributed by atoms with Crippen LogP contribution < -0.4 is 9.46 Å². The molecule has 0 bridgehead atoms. The van der Waals surface area contributed by atoms with Crippen LogP contribution in [-0.4, -0.2) is 19.2 Å². The molecule has 0 radical (unpaired) electrons. The zero-order chi connectivity index (χ0) is 17.0. The van der Waals surface area contributed by atoms with Crippen LogP contribution in [0.2, 0.25) is 0 Å². The maximum absolute atomic E-state index is 13.7. The summed E-state index contributed by atoms with van der Waals surface area (Å²) >= 11 is -2.35. The van der Waals surface area contributed by atoms with Crippen molar-refractivity contribution in [3.05, 3.63) is 53.6 Å². The maximum atomic E-state index is 13.7. The van der Waals surface area contributed by atoms with Crippen molar-refractivity contribution in [2.75, 3.05) is 11.0 Å². The minimum absolute atomic E-state index is 0.0564. The van der Waals surface area contributed by atoms with Gasteiger partial charge in [0.05, 0.1) is 5.69 Å². The van der Waals surface area contributed by atoms with Crippen molar-refractivity contribution in [3.8, 4) is 11.5 Å². The Morgan fingerprint density at radius 1 is 1.13 bits per heavy atom. The lowest BCUT2D eigenvalue weighted by atomic mass is 10.2. The highest BCUT2D eigenvalue weighted by Gasteiger charge is 2.12. The molecule has 0 spiro atoms. The molecule has 0 fully saturated rings. The molecule has 0 aliphatic carbocycles. The molecule has 0 heterocycles. The van der Waals surface area contributed by atoms with Gasteiger partial charge in [0, 0.05) is 28.9 Å². The van der Waals surface area contributed by atoms with Crippen molar-refractivity contribution in [3.63, 3.8) is 0 Å². The summed E-state index contributed by atoms with van der Waals surface area (Å²) in [6, 6.07) is 7.32. The van der Waals surface area contributed by atoms with Crippen LogP contribution in [0, 0.1) is 11.6 Å². The topological polar surface area (TPSA) is 75.6 Å². The molecule has 2 aromatic rings. The van der Waals surface area contributed by atoms with Crippen molar-refractivity contribution in [1.29, 1.82) is 0 Å². The lowest BCUT2D eigenvalue weighted by molar-refractivity contribution is 0.439. The van der Waals surface area contributed by atoms with E-state index in [9.17, 15) is 17.2 Å². The van der Waals surface area contributed by atoms with Crippen LogP contribution in [0.15, 0.2) is 36.4 Å². The van der Waals surface area contributed by atoms with Gasteiger partial charge in [0.15, 0.2) is 17.3 Å². The molecular weight excluding hydrogens is 348 g/mol. The zero-order valence-electron chi connectivity index (χ0n) is 11.9. The number of hydrogen-bond acceptors (Lipinski definition) is 3. The molecular formula is C14H13F2NO4S2. The van der Waals surface area contributed by atoms with Gasteiger partial charge < -0.3 is 4.74 Å². The largest absolute Gasteiger partial charge is 0.452 e. The summed E-state index contributed by atoms with van der Waals surface area (Å²) in [5, 5.41) is 0. The lowest BCUT2D eigenvalue weighted by Gasteiger charge is -2.13. The highest BCUT2D eigenvalue weighted by molar-refractivity contribution is 7.83. The van der Waals surface area contributed by atoms with E-state index in [4.69, 9.17) is 9.29 Å². The summed E-state index contributed by atoms with van der Waals surface area (Å²) in [7, 11) is -1.11. The normalized spacial score (nSPS) is 13.4. The van der Waals surface area contributed by atoms with E-state index in [1.165, 1.54) is 18.4 Å².